The van der Waals surface area contributed by atoms with Crippen LogP contribution in [0.25, 0.3) is 0 Å². The lowest BCUT2D eigenvalue weighted by molar-refractivity contribution is 0.225. The number of ether oxygens (including phenoxy) is 1. The number of nitrogens with zero attached hydrogens (tertiary/aromatic N) is 2. The van der Waals surface area contributed by atoms with E-state index in [1.165, 1.54) is 5.56 Å². The second-order valence-electron chi connectivity index (χ2n) is 7.61. The van der Waals surface area contributed by atoms with Crippen molar-refractivity contribution in [2.75, 3.05) is 39.8 Å². The normalized spacial score (nSPS) is 15.8. The molecule has 1 saturated heterocycles. The molecule has 0 bridgehead atoms. The van der Waals surface area contributed by atoms with Gasteiger partial charge in [-0.25, -0.2) is 0 Å². The summed E-state index contributed by atoms with van der Waals surface area (Å²) in [5, 5.41) is 6.99. The molecule has 0 spiro atoms. The average molecular weight is 500 g/mol. The monoisotopic (exact) mass is 500 g/mol. The molecule has 0 saturated carbocycles. The van der Waals surface area contributed by atoms with E-state index in [0.717, 1.165) is 63.8 Å². The van der Waals surface area contributed by atoms with Gasteiger partial charge in [0.1, 0.15) is 5.75 Å². The Kier molecular flexibility index (Phi) is 12.2. The number of benzene rings is 1. The highest BCUT2D eigenvalue weighted by Crippen LogP contribution is 2.13. The maximum atomic E-state index is 5.74. The summed E-state index contributed by atoms with van der Waals surface area (Å²) >= 11 is 0. The van der Waals surface area contributed by atoms with Gasteiger partial charge in [0.15, 0.2) is 5.96 Å². The van der Waals surface area contributed by atoms with Crippen molar-refractivity contribution >= 4 is 29.9 Å². The van der Waals surface area contributed by atoms with E-state index in [0.29, 0.717) is 12.0 Å². The Morgan fingerprint density at radius 1 is 1.29 bits per heavy atom. The van der Waals surface area contributed by atoms with Gasteiger partial charge in [0.25, 0.3) is 0 Å². The minimum atomic E-state index is 0. The first kappa shape index (κ1) is 24.8. The number of nitrogens with one attached hydrogen (secondary N) is 2. The molecule has 0 radical (unpaired) electrons. The molecular formula is C22H37IN4O. The zero-order chi connectivity index (χ0) is 19.5. The van der Waals surface area contributed by atoms with Crippen molar-refractivity contribution in [2.24, 2.45) is 10.9 Å². The number of hydrogen-bond acceptors (Lipinski definition) is 3. The van der Waals surface area contributed by atoms with Gasteiger partial charge in [-0.05, 0) is 42.9 Å². The van der Waals surface area contributed by atoms with Crippen molar-refractivity contribution in [1.82, 2.24) is 15.5 Å². The Morgan fingerprint density at radius 3 is 2.54 bits per heavy atom. The molecule has 1 heterocycles. The van der Waals surface area contributed by atoms with Gasteiger partial charge in [-0.1, -0.05) is 32.1 Å². The smallest absolute Gasteiger partial charge is 0.191 e. The quantitative estimate of drug-likeness (QED) is 0.235. The van der Waals surface area contributed by atoms with Crippen LogP contribution in [0.3, 0.4) is 0 Å². The molecule has 6 heteroatoms. The molecule has 158 valence electrons. The molecule has 0 aliphatic carbocycles. The van der Waals surface area contributed by atoms with E-state index in [1.807, 2.05) is 13.1 Å². The maximum absolute atomic E-state index is 5.74. The zero-order valence-electron chi connectivity index (χ0n) is 17.6. The largest absolute Gasteiger partial charge is 0.493 e. The average Bonchev–Trinajstić information content (AvgIpc) is 2.68. The third-order valence-corrected chi connectivity index (χ3v) is 4.75. The highest BCUT2D eigenvalue weighted by Gasteiger charge is 2.18. The Hall–Kier alpha value is -1.28. The number of guanidine groups is 1. The summed E-state index contributed by atoms with van der Waals surface area (Å²) in [5.74, 6) is 2.39. The second-order valence-corrected chi connectivity index (χ2v) is 7.61. The van der Waals surface area contributed by atoms with E-state index in [4.69, 9.17) is 4.74 Å². The summed E-state index contributed by atoms with van der Waals surface area (Å²) in [6.07, 6.45) is 5.24. The lowest BCUT2D eigenvalue weighted by Gasteiger charge is -2.32. The second kappa shape index (κ2) is 13.8. The molecule has 0 aromatic heterocycles. The van der Waals surface area contributed by atoms with Crippen LogP contribution >= 0.6 is 24.0 Å². The van der Waals surface area contributed by atoms with Crippen molar-refractivity contribution < 1.29 is 4.74 Å². The number of hydrogen-bond donors (Lipinski definition) is 2. The summed E-state index contributed by atoms with van der Waals surface area (Å²) < 4.78 is 5.74. The third kappa shape index (κ3) is 9.28. The minimum Gasteiger partial charge on any atom is -0.493 e. The summed E-state index contributed by atoms with van der Waals surface area (Å²) in [4.78, 5) is 6.81. The van der Waals surface area contributed by atoms with Crippen LogP contribution in [-0.4, -0.2) is 56.7 Å². The van der Waals surface area contributed by atoms with Crippen LogP contribution in [0.1, 0.15) is 32.3 Å². The van der Waals surface area contributed by atoms with Crippen molar-refractivity contribution in [3.8, 4) is 5.75 Å². The molecule has 5 nitrogen and oxygen atoms in total. The van der Waals surface area contributed by atoms with Crippen molar-refractivity contribution in [3.63, 3.8) is 0 Å². The van der Waals surface area contributed by atoms with E-state index in [1.54, 1.807) is 0 Å². The summed E-state index contributed by atoms with van der Waals surface area (Å²) in [6.45, 7) is 13.0. The Balaban J connectivity index is 0.00000392. The van der Waals surface area contributed by atoms with Gasteiger partial charge in [-0.15, -0.1) is 30.6 Å². The molecular weight excluding hydrogens is 463 g/mol. The first-order valence-corrected chi connectivity index (χ1v) is 10.1. The number of piperidine rings is 1. The SMILES string of the molecule is C=CCN1CCC(NC(=NC)NCCc2ccc(OCC(C)C)cc2)CC1.I. The molecule has 0 amide bonds. The van der Waals surface area contributed by atoms with E-state index in [-0.39, 0.29) is 24.0 Å². The Labute approximate surface area is 188 Å². The summed E-state index contributed by atoms with van der Waals surface area (Å²) in [7, 11) is 1.84. The van der Waals surface area contributed by atoms with Gasteiger partial charge in [-0.2, -0.15) is 0 Å². The number of aliphatic imine (C=N–C) groups is 1. The molecule has 28 heavy (non-hydrogen) atoms. The highest BCUT2D eigenvalue weighted by atomic mass is 127. The van der Waals surface area contributed by atoms with Gasteiger partial charge in [-0.3, -0.25) is 9.89 Å². The van der Waals surface area contributed by atoms with Crippen LogP contribution in [0.5, 0.6) is 5.75 Å². The Morgan fingerprint density at radius 2 is 1.96 bits per heavy atom. The fraction of sp³-hybridized carbons (Fsp3) is 0.591. The van der Waals surface area contributed by atoms with Crippen LogP contribution < -0.4 is 15.4 Å². The topological polar surface area (TPSA) is 48.9 Å². The van der Waals surface area contributed by atoms with Gasteiger partial charge >= 0.3 is 0 Å². The molecule has 0 unspecified atom stereocenters. The van der Waals surface area contributed by atoms with Gasteiger partial charge in [0.05, 0.1) is 6.61 Å². The van der Waals surface area contributed by atoms with Gasteiger partial charge in [0.2, 0.25) is 0 Å². The number of likely N-dealkylation sites (tertiary alicyclic amines) is 1. The number of rotatable bonds is 9. The van der Waals surface area contributed by atoms with Crippen LogP contribution in [0.4, 0.5) is 0 Å². The molecule has 2 rings (SSSR count). The standard InChI is InChI=1S/C22H36N4O.HI/c1-5-14-26-15-11-20(12-16-26)25-22(23-4)24-13-10-19-6-8-21(9-7-19)27-17-18(2)3;/h5-9,18,20H,1,10-17H2,2-4H3,(H2,23,24,25);1H. The Bertz CT molecular complexity index is 581. The van der Waals surface area contributed by atoms with Crippen LogP contribution in [0.15, 0.2) is 41.9 Å². The van der Waals surface area contributed by atoms with E-state index >= 15 is 0 Å². The van der Waals surface area contributed by atoms with Crippen LogP contribution in [-0.2, 0) is 6.42 Å². The lowest BCUT2D eigenvalue weighted by atomic mass is 10.1. The molecule has 2 N–H and O–H groups in total. The predicted octanol–water partition coefficient (Wildman–Crippen LogP) is 3.70. The van der Waals surface area contributed by atoms with E-state index in [9.17, 15) is 0 Å². The minimum absolute atomic E-state index is 0. The van der Waals surface area contributed by atoms with E-state index in [2.05, 4.69) is 65.2 Å². The molecule has 1 aromatic rings. The zero-order valence-corrected chi connectivity index (χ0v) is 19.9. The lowest BCUT2D eigenvalue weighted by Crippen LogP contribution is -2.49. The maximum Gasteiger partial charge on any atom is 0.191 e. The fourth-order valence-electron chi connectivity index (χ4n) is 3.17. The molecule has 0 atom stereocenters. The van der Waals surface area contributed by atoms with E-state index < -0.39 is 0 Å². The van der Waals surface area contributed by atoms with Crippen molar-refractivity contribution in [2.45, 2.75) is 39.2 Å². The van der Waals surface area contributed by atoms with Crippen molar-refractivity contribution in [1.29, 1.82) is 0 Å². The van der Waals surface area contributed by atoms with Gasteiger partial charge < -0.3 is 15.4 Å². The predicted molar refractivity (Wildman–Crippen MR) is 130 cm³/mol. The molecule has 1 aliphatic rings. The third-order valence-electron chi connectivity index (χ3n) is 4.75. The van der Waals surface area contributed by atoms with Crippen LogP contribution in [0, 0.1) is 5.92 Å². The van der Waals surface area contributed by atoms with Gasteiger partial charge in [0, 0.05) is 39.3 Å². The number of halogens is 1. The summed E-state index contributed by atoms with van der Waals surface area (Å²) in [6, 6.07) is 8.89. The summed E-state index contributed by atoms with van der Waals surface area (Å²) in [5.41, 5.74) is 1.30. The molecule has 1 aliphatic heterocycles. The molecule has 1 fully saturated rings. The first-order chi connectivity index (χ1) is 13.1. The fourth-order valence-corrected chi connectivity index (χ4v) is 3.17. The highest BCUT2D eigenvalue weighted by molar-refractivity contribution is 14.0. The van der Waals surface area contributed by atoms with Crippen LogP contribution in [0.2, 0.25) is 0 Å². The molecule has 1 aromatic carbocycles. The van der Waals surface area contributed by atoms with Crippen molar-refractivity contribution in [3.05, 3.63) is 42.5 Å². The first-order valence-electron chi connectivity index (χ1n) is 10.1.